The van der Waals surface area contributed by atoms with Crippen LogP contribution in [0.25, 0.3) is 43.6 Å². The first-order valence-electron chi connectivity index (χ1n) is 33.8. The number of aromatic nitrogens is 8. The molecule has 4 heterocycles. The van der Waals surface area contributed by atoms with Gasteiger partial charge in [-0.15, -0.1) is 24.0 Å². The van der Waals surface area contributed by atoms with Gasteiger partial charge < -0.3 is 25.6 Å². The summed E-state index contributed by atoms with van der Waals surface area (Å²) in [5.74, 6) is -1.60. The number of benzene rings is 8. The van der Waals surface area contributed by atoms with Gasteiger partial charge in [0.05, 0.1) is 42.5 Å². The van der Waals surface area contributed by atoms with E-state index in [1.165, 1.54) is 25.9 Å². The number of rotatable bonds is 11. The first kappa shape index (κ1) is 100. The highest BCUT2D eigenvalue weighted by Gasteiger charge is 2.26. The van der Waals surface area contributed by atoms with Crippen LogP contribution in [0.1, 0.15) is 171 Å². The number of hydrogen-bond acceptors (Lipinski definition) is 11. The molecule has 12 rings (SSSR count). The van der Waals surface area contributed by atoms with Crippen molar-refractivity contribution < 1.29 is 33.8 Å². The predicted molar refractivity (Wildman–Crippen MR) is 443 cm³/mol. The fourth-order valence-electron chi connectivity index (χ4n) is 8.48. The molecule has 4 atom stereocenters. The Bertz CT molecular complexity index is 3670. The Labute approximate surface area is 629 Å². The summed E-state index contributed by atoms with van der Waals surface area (Å²) in [6.07, 6.45) is 7.35. The quantitative estimate of drug-likeness (QED) is 0.0539. The van der Waals surface area contributed by atoms with Crippen LogP contribution < -0.4 is 11.1 Å². The van der Waals surface area contributed by atoms with Crippen LogP contribution in [0, 0.1) is 0 Å². The topological polar surface area (TPSA) is 227 Å². The van der Waals surface area contributed by atoms with Gasteiger partial charge in [-0.2, -0.15) is 20.4 Å². The Morgan fingerprint density at radius 1 is 0.416 bits per heavy atom. The zero-order valence-corrected chi connectivity index (χ0v) is 65.7. The number of hydrogen-bond donors (Lipinski definition) is 4. The van der Waals surface area contributed by atoms with E-state index in [4.69, 9.17) is 4.74 Å². The molecule has 0 aliphatic carbocycles. The summed E-state index contributed by atoms with van der Waals surface area (Å²) in [6, 6.07) is 67.1. The van der Waals surface area contributed by atoms with Gasteiger partial charge in [-0.05, 0) is 53.6 Å². The molecule has 0 radical (unpaired) electrons. The van der Waals surface area contributed by atoms with Gasteiger partial charge in [-0.25, -0.2) is 9.59 Å². The van der Waals surface area contributed by atoms with Crippen molar-refractivity contribution in [3.8, 4) is 0 Å². The standard InChI is InChI=1S/C16H15N3O.C16H14N2O2.C15H12N2O2.C9H9BrO2.C7H6N2.8C2H6.CH5N.2CH4.HI/c1-17-16(20)15(12-7-3-2-4-8-12)19-11-13-9-5-6-10-14(13)18-19;1-20-16(19)15(12-7-3-2-4-8-12)18-11-13-9-5-6-10-14(13)17-18;18-15(19)14(11-6-2-1-3-7-11)17-10-12-8-4-5-9-13(12)16-17;1-12-9(11)8(10)7-5-3-2-4-6-7;1-2-4-7-6(3-1)5-8-9-7;9*1-2;;;/h2-11,15H,1H3,(H,17,20);2-11,15H,1H3;1-10,14H,(H,18,19);2-6,8H,1H3;1-5H,(H,8,9);8*1-2H3;2H2,1H3;2*1H4;1H. The lowest BCUT2D eigenvalue weighted by Crippen LogP contribution is -2.30. The SMILES string of the molecule is C.C.CC.CC.CC.CC.CC.CC.CC.CC.CN.CNC(=O)C(c1ccccc1)n1cc2ccccc2n1.COC(=O)C(Br)c1ccccc1.COC(=O)C(c1ccccc1)n1cc2ccccc2n1.I.O=C(O)C(c1ccccc1)n1cc2ccccc2n1.c1ccc2[nH]ncc2c1. The van der Waals surface area contributed by atoms with Crippen LogP contribution in [-0.2, 0) is 28.7 Å². The van der Waals surface area contributed by atoms with Gasteiger partial charge in [0.1, 0.15) is 4.83 Å². The van der Waals surface area contributed by atoms with Crippen molar-refractivity contribution in [1.29, 1.82) is 0 Å². The molecule has 0 bridgehead atoms. The number of alkyl halides is 1. The number of H-pyrrole nitrogens is 1. The zero-order chi connectivity index (χ0) is 74.2. The first-order valence-corrected chi connectivity index (χ1v) is 34.7. The van der Waals surface area contributed by atoms with Crippen molar-refractivity contribution in [2.75, 3.05) is 28.3 Å². The summed E-state index contributed by atoms with van der Waals surface area (Å²) in [6.45, 7) is 32.0. The van der Waals surface area contributed by atoms with E-state index in [0.717, 1.165) is 60.3 Å². The molecule has 19 heteroatoms. The number of amides is 1. The third-order valence-electron chi connectivity index (χ3n) is 12.4. The fraction of sp³-hybridized carbons (Fsp3) is 0.317. The van der Waals surface area contributed by atoms with Crippen molar-refractivity contribution in [3.63, 3.8) is 0 Å². The fourth-order valence-corrected chi connectivity index (χ4v) is 8.97. The number of methoxy groups -OCH3 is 2. The number of aromatic amines is 1. The smallest absolute Gasteiger partial charge is 0.335 e. The molecule has 17 nitrogen and oxygen atoms in total. The second kappa shape index (κ2) is 62.9. The van der Waals surface area contributed by atoms with Gasteiger partial charge in [0.25, 0.3) is 0 Å². The number of carbonyl (C=O) groups excluding carboxylic acids is 3. The number of carboxylic acids is 1. The van der Waals surface area contributed by atoms with E-state index in [0.29, 0.717) is 5.56 Å². The number of halogens is 2. The second-order valence-corrected chi connectivity index (χ2v) is 18.6. The minimum atomic E-state index is -0.918. The van der Waals surface area contributed by atoms with E-state index < -0.39 is 24.1 Å². The highest BCUT2D eigenvalue weighted by Crippen LogP contribution is 2.26. The van der Waals surface area contributed by atoms with Crippen LogP contribution in [0.3, 0.4) is 0 Å². The van der Waals surface area contributed by atoms with Crippen LogP contribution in [0.5, 0.6) is 0 Å². The third kappa shape index (κ3) is 33.2. The molecular formula is C82H118BrIN10O7. The highest BCUT2D eigenvalue weighted by molar-refractivity contribution is 14.0. The number of esters is 2. The molecule has 8 aromatic carbocycles. The Morgan fingerprint density at radius 3 is 1.01 bits per heavy atom. The van der Waals surface area contributed by atoms with Crippen molar-refractivity contribution in [1.82, 2.24) is 44.9 Å². The maximum atomic E-state index is 12.2. The number of likely N-dealkylation sites (N-methyl/N-ethyl adjacent to an activating group) is 1. The number of carboxylic acid groups (broad SMARTS) is 1. The summed E-state index contributed by atoms with van der Waals surface area (Å²) in [5.41, 5.74) is 11.5. The van der Waals surface area contributed by atoms with Crippen molar-refractivity contribution in [2.45, 2.75) is 149 Å². The molecule has 0 fully saturated rings. The van der Waals surface area contributed by atoms with Crippen LogP contribution in [0.2, 0.25) is 0 Å². The first-order chi connectivity index (χ1) is 48.1. The molecule has 101 heavy (non-hydrogen) atoms. The Kier molecular flexibility index (Phi) is 62.5. The van der Waals surface area contributed by atoms with Crippen molar-refractivity contribution in [3.05, 3.63) is 265 Å². The third-order valence-corrected chi connectivity index (χ3v) is 13.3. The molecule has 0 spiro atoms. The number of para-hydroxylation sites is 1. The van der Waals surface area contributed by atoms with Crippen molar-refractivity contribution in [2.24, 2.45) is 5.73 Å². The Balaban J connectivity index is -0.000000363. The molecule has 0 aliphatic rings. The second-order valence-electron chi connectivity index (χ2n) is 17.7. The highest BCUT2D eigenvalue weighted by atomic mass is 127. The molecule has 552 valence electrons. The van der Waals surface area contributed by atoms with Gasteiger partial charge in [0.2, 0.25) is 5.91 Å². The lowest BCUT2D eigenvalue weighted by Gasteiger charge is -2.16. The van der Waals surface area contributed by atoms with E-state index in [2.05, 4.69) is 57.2 Å². The molecule has 0 aliphatic heterocycles. The van der Waals surface area contributed by atoms with Crippen LogP contribution in [-0.4, -0.2) is 96.8 Å². The minimum Gasteiger partial charge on any atom is -0.479 e. The minimum absolute atomic E-state index is 0. The molecule has 4 aromatic heterocycles. The largest absolute Gasteiger partial charge is 0.479 e. The number of nitrogens with zero attached hydrogens (tertiary/aromatic N) is 7. The van der Waals surface area contributed by atoms with Crippen LogP contribution in [0.4, 0.5) is 0 Å². The lowest BCUT2D eigenvalue weighted by atomic mass is 10.1. The average Bonchev–Trinajstić information content (AvgIpc) is 1.70. The van der Waals surface area contributed by atoms with E-state index in [1.54, 1.807) is 34.7 Å². The molecular weight excluding hydrogens is 1440 g/mol. The number of aliphatic carboxylic acids is 1. The summed E-state index contributed by atoms with van der Waals surface area (Å²) in [7, 11) is 5.91. The van der Waals surface area contributed by atoms with E-state index in [1.807, 2.05) is 336 Å². The van der Waals surface area contributed by atoms with E-state index in [-0.39, 0.29) is 61.5 Å². The van der Waals surface area contributed by atoms with Crippen molar-refractivity contribution >= 4 is 107 Å². The van der Waals surface area contributed by atoms with Crippen LogP contribution >= 0.6 is 39.9 Å². The lowest BCUT2D eigenvalue weighted by molar-refractivity contribution is -0.143. The van der Waals surface area contributed by atoms with Gasteiger partial charge in [0.15, 0.2) is 18.1 Å². The predicted octanol–water partition coefficient (Wildman–Crippen LogP) is 21.4. The number of nitrogens with two attached hydrogens (primary N) is 1. The Morgan fingerprint density at radius 2 is 0.693 bits per heavy atom. The molecule has 0 saturated heterocycles. The summed E-state index contributed by atoms with van der Waals surface area (Å²) in [5, 5.41) is 36.4. The molecule has 5 N–H and O–H groups in total. The monoisotopic (exact) mass is 1560 g/mol. The van der Waals surface area contributed by atoms with Gasteiger partial charge in [-0.1, -0.05) is 336 Å². The molecule has 0 saturated carbocycles. The summed E-state index contributed by atoms with van der Waals surface area (Å²) in [4.78, 5) is 46.5. The average molecular weight is 1560 g/mol. The number of carbonyl (C=O) groups is 4. The summed E-state index contributed by atoms with van der Waals surface area (Å²) < 4.78 is 14.4. The zero-order valence-electron chi connectivity index (χ0n) is 61.8. The van der Waals surface area contributed by atoms with Gasteiger partial charge >= 0.3 is 17.9 Å². The number of fused-ring (bicyclic) bond motifs is 4. The van der Waals surface area contributed by atoms with Gasteiger partial charge in [-0.3, -0.25) is 28.7 Å². The van der Waals surface area contributed by atoms with Crippen LogP contribution in [0.15, 0.2) is 243 Å². The summed E-state index contributed by atoms with van der Waals surface area (Å²) >= 11 is 3.24. The normalized spacial score (nSPS) is 10.1. The van der Waals surface area contributed by atoms with E-state index in [9.17, 15) is 24.3 Å². The van der Waals surface area contributed by atoms with E-state index >= 15 is 0 Å². The molecule has 1 amide bonds. The molecule has 12 aromatic rings. The maximum absolute atomic E-state index is 12.2. The maximum Gasteiger partial charge on any atom is 0.335 e. The van der Waals surface area contributed by atoms with Gasteiger partial charge in [0, 0.05) is 47.2 Å². The Hall–Kier alpha value is -9.31. The number of ether oxygens (including phenoxy) is 2. The number of nitrogens with one attached hydrogen (secondary N) is 2. The molecule has 4 unspecified atom stereocenters.